The van der Waals surface area contributed by atoms with Crippen molar-refractivity contribution in [3.05, 3.63) is 34.4 Å². The van der Waals surface area contributed by atoms with Gasteiger partial charge in [0.1, 0.15) is 5.82 Å². The lowest BCUT2D eigenvalue weighted by Gasteiger charge is -2.03. The molecule has 0 heterocycles. The van der Waals surface area contributed by atoms with Crippen LogP contribution in [0.25, 0.3) is 0 Å². The maximum Gasteiger partial charge on any atom is 0.169 e. The summed E-state index contributed by atoms with van der Waals surface area (Å²) in [5.74, 6) is -2.39. The van der Waals surface area contributed by atoms with Gasteiger partial charge in [-0.25, -0.2) is 8.78 Å². The Hall–Kier alpha value is -0.230. The Morgan fingerprint density at radius 2 is 2.07 bits per heavy atom. The normalized spacial score (nSPS) is 10.3. The fourth-order valence-corrected chi connectivity index (χ4v) is 1.64. The Balaban J connectivity index is 3.18. The van der Waals surface area contributed by atoms with Gasteiger partial charge in [-0.1, -0.05) is 34.2 Å². The summed E-state index contributed by atoms with van der Waals surface area (Å²) < 4.78 is 26.8. The molecule has 0 saturated carbocycles. The highest BCUT2D eigenvalue weighted by Gasteiger charge is 2.18. The SMILES string of the molecule is O=C(CCI)c1c(F)ccc(Cl)c1F. The summed E-state index contributed by atoms with van der Waals surface area (Å²) in [6.45, 7) is 0. The topological polar surface area (TPSA) is 17.1 Å². The number of benzene rings is 1. The van der Waals surface area contributed by atoms with Crippen molar-refractivity contribution < 1.29 is 13.6 Å². The molecular weight excluding hydrogens is 324 g/mol. The summed E-state index contributed by atoms with van der Waals surface area (Å²) in [4.78, 5) is 11.3. The summed E-state index contributed by atoms with van der Waals surface area (Å²) in [5, 5.41) is -0.233. The average molecular weight is 330 g/mol. The molecule has 0 amide bonds. The minimum Gasteiger partial charge on any atom is -0.294 e. The largest absolute Gasteiger partial charge is 0.294 e. The van der Waals surface area contributed by atoms with Crippen LogP contribution in [0.3, 0.4) is 0 Å². The summed E-state index contributed by atoms with van der Waals surface area (Å²) in [5.41, 5.74) is -0.533. The number of carbonyl (C=O) groups is 1. The molecule has 0 radical (unpaired) electrons. The van der Waals surface area contributed by atoms with Crippen LogP contribution in [0.1, 0.15) is 16.8 Å². The molecule has 0 unspecified atom stereocenters. The lowest BCUT2D eigenvalue weighted by molar-refractivity contribution is 0.0982. The molecule has 0 atom stereocenters. The van der Waals surface area contributed by atoms with E-state index in [1.807, 2.05) is 22.6 Å². The molecule has 0 bridgehead atoms. The first-order valence-electron chi connectivity index (χ1n) is 3.80. The highest BCUT2D eigenvalue weighted by atomic mass is 127. The van der Waals surface area contributed by atoms with Crippen LogP contribution < -0.4 is 0 Å². The fourth-order valence-electron chi connectivity index (χ4n) is 0.993. The molecule has 0 fully saturated rings. The van der Waals surface area contributed by atoms with E-state index in [0.29, 0.717) is 4.43 Å². The van der Waals surface area contributed by atoms with E-state index in [0.717, 1.165) is 12.1 Å². The lowest BCUT2D eigenvalue weighted by atomic mass is 10.1. The summed E-state index contributed by atoms with van der Waals surface area (Å²) in [7, 11) is 0. The predicted molar refractivity (Wildman–Crippen MR) is 59.2 cm³/mol. The third-order valence-corrected chi connectivity index (χ3v) is 2.48. The first kappa shape index (κ1) is 11.8. The van der Waals surface area contributed by atoms with Crippen LogP contribution in [0, 0.1) is 11.6 Å². The molecule has 5 heteroatoms. The number of halogens is 4. The van der Waals surface area contributed by atoms with Crippen molar-refractivity contribution in [1.29, 1.82) is 0 Å². The van der Waals surface area contributed by atoms with E-state index in [1.54, 1.807) is 0 Å². The standard InChI is InChI=1S/C9H6ClF2IO/c10-5-1-2-6(11)8(9(5)12)7(14)3-4-13/h1-2H,3-4H2. The molecule has 0 saturated heterocycles. The summed E-state index contributed by atoms with van der Waals surface area (Å²) >= 11 is 7.40. The van der Waals surface area contributed by atoms with Crippen LogP contribution in [0.5, 0.6) is 0 Å². The van der Waals surface area contributed by atoms with E-state index < -0.39 is 23.0 Å². The van der Waals surface area contributed by atoms with E-state index in [1.165, 1.54) is 0 Å². The zero-order valence-corrected chi connectivity index (χ0v) is 9.90. The van der Waals surface area contributed by atoms with Crippen molar-refractivity contribution in [1.82, 2.24) is 0 Å². The number of ketones is 1. The Labute approximate surface area is 98.6 Å². The molecule has 1 rings (SSSR count). The molecule has 1 aromatic rings. The number of hydrogen-bond acceptors (Lipinski definition) is 1. The van der Waals surface area contributed by atoms with E-state index >= 15 is 0 Å². The molecule has 0 aliphatic rings. The smallest absolute Gasteiger partial charge is 0.169 e. The Morgan fingerprint density at radius 1 is 1.43 bits per heavy atom. The summed E-state index contributed by atoms with van der Waals surface area (Å²) in [6.07, 6.45) is 0.106. The molecule has 0 aliphatic carbocycles. The second-order valence-electron chi connectivity index (χ2n) is 2.58. The van der Waals surface area contributed by atoms with E-state index in [4.69, 9.17) is 11.6 Å². The monoisotopic (exact) mass is 330 g/mol. The van der Waals surface area contributed by atoms with Gasteiger partial charge in [-0.05, 0) is 12.1 Å². The van der Waals surface area contributed by atoms with Crippen LogP contribution in [-0.4, -0.2) is 10.2 Å². The van der Waals surface area contributed by atoms with Crippen molar-refractivity contribution in [2.24, 2.45) is 0 Å². The first-order chi connectivity index (χ1) is 6.57. The second kappa shape index (κ2) is 5.02. The predicted octanol–water partition coefficient (Wildman–Crippen LogP) is 3.63. The number of alkyl halides is 1. The highest BCUT2D eigenvalue weighted by Crippen LogP contribution is 2.22. The van der Waals surface area contributed by atoms with Gasteiger partial charge in [0.15, 0.2) is 11.6 Å². The number of carbonyl (C=O) groups excluding carboxylic acids is 1. The Kier molecular flexibility index (Phi) is 4.25. The van der Waals surface area contributed by atoms with Crippen LogP contribution in [0.15, 0.2) is 12.1 Å². The van der Waals surface area contributed by atoms with Crippen LogP contribution in [-0.2, 0) is 0 Å². The van der Waals surface area contributed by atoms with Crippen molar-refractivity contribution in [3.8, 4) is 0 Å². The number of hydrogen-bond donors (Lipinski definition) is 0. The second-order valence-corrected chi connectivity index (χ2v) is 4.07. The molecule has 0 N–H and O–H groups in total. The zero-order valence-electron chi connectivity index (χ0n) is 6.99. The van der Waals surface area contributed by atoms with Crippen molar-refractivity contribution >= 4 is 40.0 Å². The van der Waals surface area contributed by atoms with Gasteiger partial charge < -0.3 is 0 Å². The van der Waals surface area contributed by atoms with Crippen molar-refractivity contribution in [2.75, 3.05) is 4.43 Å². The maximum absolute atomic E-state index is 13.2. The molecule has 0 spiro atoms. The van der Waals surface area contributed by atoms with E-state index in [2.05, 4.69) is 0 Å². The lowest BCUT2D eigenvalue weighted by Crippen LogP contribution is -2.06. The molecule has 1 aromatic carbocycles. The van der Waals surface area contributed by atoms with Gasteiger partial charge in [-0.15, -0.1) is 0 Å². The van der Waals surface area contributed by atoms with Gasteiger partial charge in [0.05, 0.1) is 10.6 Å². The molecular formula is C9H6ClF2IO. The minimum atomic E-state index is -0.971. The fraction of sp³-hybridized carbons (Fsp3) is 0.222. The Bertz CT molecular complexity index is 368. The van der Waals surface area contributed by atoms with E-state index in [-0.39, 0.29) is 11.4 Å². The third-order valence-electron chi connectivity index (χ3n) is 1.64. The molecule has 1 nitrogen and oxygen atoms in total. The van der Waals surface area contributed by atoms with Crippen molar-refractivity contribution in [3.63, 3.8) is 0 Å². The molecule has 0 aliphatic heterocycles. The van der Waals surface area contributed by atoms with Gasteiger partial charge in [-0.3, -0.25) is 4.79 Å². The molecule has 0 aromatic heterocycles. The van der Waals surface area contributed by atoms with Crippen LogP contribution in [0.4, 0.5) is 8.78 Å². The van der Waals surface area contributed by atoms with Crippen LogP contribution in [0.2, 0.25) is 5.02 Å². The first-order valence-corrected chi connectivity index (χ1v) is 5.71. The highest BCUT2D eigenvalue weighted by molar-refractivity contribution is 14.1. The quantitative estimate of drug-likeness (QED) is 0.358. The number of Topliss-reactive ketones (excluding diaryl/α,β-unsaturated/α-hetero) is 1. The molecule has 14 heavy (non-hydrogen) atoms. The Morgan fingerprint density at radius 3 is 2.64 bits per heavy atom. The van der Waals surface area contributed by atoms with Gasteiger partial charge in [0.2, 0.25) is 0 Å². The van der Waals surface area contributed by atoms with E-state index in [9.17, 15) is 13.6 Å². The number of rotatable bonds is 3. The van der Waals surface area contributed by atoms with Crippen LogP contribution >= 0.6 is 34.2 Å². The zero-order chi connectivity index (χ0) is 10.7. The van der Waals surface area contributed by atoms with Crippen molar-refractivity contribution in [2.45, 2.75) is 6.42 Å². The van der Waals surface area contributed by atoms with Gasteiger partial charge in [-0.2, -0.15) is 0 Å². The van der Waals surface area contributed by atoms with Gasteiger partial charge in [0.25, 0.3) is 0 Å². The average Bonchev–Trinajstić information content (AvgIpc) is 2.13. The maximum atomic E-state index is 13.2. The third kappa shape index (κ3) is 2.42. The summed E-state index contributed by atoms with van der Waals surface area (Å²) in [6, 6.07) is 2.08. The van der Waals surface area contributed by atoms with Gasteiger partial charge in [0, 0.05) is 10.8 Å². The van der Waals surface area contributed by atoms with Gasteiger partial charge >= 0.3 is 0 Å². The molecule has 76 valence electrons. The minimum absolute atomic E-state index is 0.106.